The van der Waals surface area contributed by atoms with E-state index in [-0.39, 0.29) is 0 Å². The lowest BCUT2D eigenvalue weighted by molar-refractivity contribution is 0.0394. The zero-order valence-electron chi connectivity index (χ0n) is 20.9. The van der Waals surface area contributed by atoms with Gasteiger partial charge in [0.25, 0.3) is 0 Å². The molecule has 0 spiro atoms. The summed E-state index contributed by atoms with van der Waals surface area (Å²) in [5.74, 6) is 2.28. The van der Waals surface area contributed by atoms with Gasteiger partial charge in [0.2, 0.25) is 0 Å². The smallest absolute Gasteiger partial charge is 0.100 e. The van der Waals surface area contributed by atoms with Crippen LogP contribution in [0.5, 0.6) is 0 Å². The van der Waals surface area contributed by atoms with Gasteiger partial charge in [0.15, 0.2) is 0 Å². The van der Waals surface area contributed by atoms with E-state index >= 15 is 0 Å². The molecule has 2 fully saturated rings. The van der Waals surface area contributed by atoms with Gasteiger partial charge < -0.3 is 10.1 Å². The number of unbranched alkanes of at least 4 members (excludes halogenated alkanes) is 1. The van der Waals surface area contributed by atoms with E-state index in [1.54, 1.807) is 7.11 Å². The summed E-state index contributed by atoms with van der Waals surface area (Å²) in [5.41, 5.74) is 3.50. The van der Waals surface area contributed by atoms with Crippen LogP contribution in [0.25, 0.3) is 5.69 Å². The van der Waals surface area contributed by atoms with Crippen molar-refractivity contribution in [2.24, 2.45) is 17.8 Å². The molecule has 2 heterocycles. The van der Waals surface area contributed by atoms with Gasteiger partial charge in [-0.3, -0.25) is 4.90 Å². The number of nitrogens with zero attached hydrogens (tertiary/aromatic N) is 4. The lowest BCUT2D eigenvalue weighted by Crippen LogP contribution is -2.56. The SMILES string of the molecule is COCCCCc1c(CN(CC(C)C)C2CNCC3CCCCC32)nnn1-c1ccccc1. The first-order chi connectivity index (χ1) is 16.2. The molecule has 2 aromatic rings. The third-order valence-corrected chi connectivity index (χ3v) is 7.50. The summed E-state index contributed by atoms with van der Waals surface area (Å²) < 4.78 is 7.36. The summed E-state index contributed by atoms with van der Waals surface area (Å²) in [6.45, 7) is 9.78. The van der Waals surface area contributed by atoms with Gasteiger partial charge in [-0.2, -0.15) is 0 Å². The molecule has 182 valence electrons. The van der Waals surface area contributed by atoms with Crippen LogP contribution in [0.15, 0.2) is 30.3 Å². The Bertz CT molecular complexity index is 834. The predicted octanol–water partition coefficient (Wildman–Crippen LogP) is 4.47. The Morgan fingerprint density at radius 2 is 1.94 bits per heavy atom. The Balaban J connectivity index is 1.59. The van der Waals surface area contributed by atoms with Crippen LogP contribution in [0.4, 0.5) is 0 Å². The van der Waals surface area contributed by atoms with Crippen molar-refractivity contribution >= 4 is 0 Å². The van der Waals surface area contributed by atoms with Gasteiger partial charge in [0, 0.05) is 39.4 Å². The molecule has 6 nitrogen and oxygen atoms in total. The molecule has 2 aliphatic rings. The number of piperidine rings is 1. The third-order valence-electron chi connectivity index (χ3n) is 7.50. The molecule has 1 aliphatic heterocycles. The minimum absolute atomic E-state index is 0.592. The van der Waals surface area contributed by atoms with Crippen molar-refractivity contribution in [1.29, 1.82) is 0 Å². The third kappa shape index (κ3) is 6.23. The molecule has 1 aromatic heterocycles. The minimum atomic E-state index is 0.592. The summed E-state index contributed by atoms with van der Waals surface area (Å²) >= 11 is 0. The lowest BCUT2D eigenvalue weighted by atomic mass is 9.72. The zero-order valence-corrected chi connectivity index (χ0v) is 20.9. The standard InChI is InChI=1S/C27H43N5O/c1-21(2)19-31(27-18-28-17-22-11-7-8-14-24(22)27)20-25-26(15-9-10-16-33-3)32(30-29-25)23-12-5-4-6-13-23/h4-6,12-13,21-22,24,27-28H,7-11,14-20H2,1-3H3. The summed E-state index contributed by atoms with van der Waals surface area (Å²) in [6.07, 6.45) is 8.68. The molecule has 33 heavy (non-hydrogen) atoms. The maximum Gasteiger partial charge on any atom is 0.100 e. The summed E-state index contributed by atoms with van der Waals surface area (Å²) in [6, 6.07) is 11.1. The molecule has 0 amide bonds. The maximum absolute atomic E-state index is 5.29. The van der Waals surface area contributed by atoms with Crippen molar-refractivity contribution in [2.45, 2.75) is 71.4 Å². The highest BCUT2D eigenvalue weighted by Gasteiger charge is 2.38. The lowest BCUT2D eigenvalue weighted by Gasteiger charge is -2.47. The number of fused-ring (bicyclic) bond motifs is 1. The molecule has 3 atom stereocenters. The van der Waals surface area contributed by atoms with Gasteiger partial charge in [-0.05, 0) is 68.5 Å². The number of hydrogen-bond acceptors (Lipinski definition) is 5. The fraction of sp³-hybridized carbons (Fsp3) is 0.704. The minimum Gasteiger partial charge on any atom is -0.385 e. The fourth-order valence-corrected chi connectivity index (χ4v) is 5.96. The average molecular weight is 454 g/mol. The molecular formula is C27H43N5O. The number of rotatable bonds is 11. The molecule has 1 aliphatic carbocycles. The van der Waals surface area contributed by atoms with Crippen molar-refractivity contribution in [3.8, 4) is 5.69 Å². The molecule has 1 saturated carbocycles. The van der Waals surface area contributed by atoms with Gasteiger partial charge in [-0.15, -0.1) is 5.10 Å². The van der Waals surface area contributed by atoms with Crippen LogP contribution >= 0.6 is 0 Å². The molecule has 1 N–H and O–H groups in total. The van der Waals surface area contributed by atoms with Crippen LogP contribution in [0, 0.1) is 17.8 Å². The Labute approximate surface area is 200 Å². The largest absolute Gasteiger partial charge is 0.385 e. The van der Waals surface area contributed by atoms with E-state index in [1.165, 1.54) is 37.9 Å². The normalized spacial score (nSPS) is 23.2. The summed E-state index contributed by atoms with van der Waals surface area (Å²) in [7, 11) is 1.78. The van der Waals surface area contributed by atoms with E-state index in [4.69, 9.17) is 9.84 Å². The monoisotopic (exact) mass is 453 g/mol. The van der Waals surface area contributed by atoms with Crippen LogP contribution in [-0.2, 0) is 17.7 Å². The molecule has 0 radical (unpaired) electrons. The first-order valence-electron chi connectivity index (χ1n) is 13.1. The van der Waals surface area contributed by atoms with E-state index < -0.39 is 0 Å². The summed E-state index contributed by atoms with van der Waals surface area (Å²) in [5, 5.41) is 13.2. The highest BCUT2D eigenvalue weighted by Crippen LogP contribution is 2.36. The second-order valence-corrected chi connectivity index (χ2v) is 10.4. The van der Waals surface area contributed by atoms with Crippen molar-refractivity contribution in [2.75, 3.05) is 33.4 Å². The molecule has 6 heteroatoms. The highest BCUT2D eigenvalue weighted by atomic mass is 16.5. The van der Waals surface area contributed by atoms with Gasteiger partial charge in [-0.1, -0.05) is 50.1 Å². The number of hydrogen-bond donors (Lipinski definition) is 1. The number of nitrogens with one attached hydrogen (secondary N) is 1. The van der Waals surface area contributed by atoms with Crippen LogP contribution in [-0.4, -0.2) is 59.3 Å². The van der Waals surface area contributed by atoms with Gasteiger partial charge in [0.05, 0.1) is 11.4 Å². The Morgan fingerprint density at radius 3 is 2.73 bits per heavy atom. The van der Waals surface area contributed by atoms with Crippen molar-refractivity contribution in [1.82, 2.24) is 25.2 Å². The number of aromatic nitrogens is 3. The average Bonchev–Trinajstić information content (AvgIpc) is 3.23. The van der Waals surface area contributed by atoms with Crippen LogP contribution in [0.2, 0.25) is 0 Å². The first kappa shape index (κ1) is 24.4. The Morgan fingerprint density at radius 1 is 1.12 bits per heavy atom. The Hall–Kier alpha value is -1.76. The number of para-hydroxylation sites is 1. The number of ether oxygens (including phenoxy) is 1. The molecule has 1 saturated heterocycles. The maximum atomic E-state index is 5.29. The number of benzene rings is 1. The van der Waals surface area contributed by atoms with Gasteiger partial charge in [-0.25, -0.2) is 4.68 Å². The molecule has 4 rings (SSSR count). The van der Waals surface area contributed by atoms with Gasteiger partial charge >= 0.3 is 0 Å². The van der Waals surface area contributed by atoms with Crippen LogP contribution in [0.3, 0.4) is 0 Å². The second kappa shape index (κ2) is 12.1. The molecule has 3 unspecified atom stereocenters. The quantitative estimate of drug-likeness (QED) is 0.509. The zero-order chi connectivity index (χ0) is 23.0. The van der Waals surface area contributed by atoms with E-state index in [2.05, 4.69) is 64.3 Å². The number of methoxy groups -OCH3 is 1. The predicted molar refractivity (Wildman–Crippen MR) is 134 cm³/mol. The Kier molecular flexibility index (Phi) is 8.93. The first-order valence-corrected chi connectivity index (χ1v) is 13.1. The summed E-state index contributed by atoms with van der Waals surface area (Å²) in [4.78, 5) is 2.73. The fourth-order valence-electron chi connectivity index (χ4n) is 5.96. The van der Waals surface area contributed by atoms with E-state index in [9.17, 15) is 0 Å². The van der Waals surface area contributed by atoms with Crippen molar-refractivity contribution in [3.63, 3.8) is 0 Å². The van der Waals surface area contributed by atoms with Crippen LogP contribution in [0.1, 0.15) is 63.8 Å². The van der Waals surface area contributed by atoms with Crippen molar-refractivity contribution < 1.29 is 4.74 Å². The van der Waals surface area contributed by atoms with E-state index in [1.807, 2.05) is 0 Å². The molecular weight excluding hydrogens is 410 g/mol. The van der Waals surface area contributed by atoms with Gasteiger partial charge in [0.1, 0.15) is 5.69 Å². The van der Waals surface area contributed by atoms with E-state index in [0.717, 1.165) is 68.7 Å². The second-order valence-electron chi connectivity index (χ2n) is 10.4. The van der Waals surface area contributed by atoms with E-state index in [0.29, 0.717) is 12.0 Å². The molecule has 1 aromatic carbocycles. The van der Waals surface area contributed by atoms with Crippen LogP contribution < -0.4 is 5.32 Å². The highest BCUT2D eigenvalue weighted by molar-refractivity contribution is 5.33. The van der Waals surface area contributed by atoms with Crippen molar-refractivity contribution in [3.05, 3.63) is 41.7 Å². The topological polar surface area (TPSA) is 55.2 Å². The molecule has 0 bridgehead atoms.